The van der Waals surface area contributed by atoms with E-state index in [-0.39, 0.29) is 16.7 Å². The van der Waals surface area contributed by atoms with Crippen LogP contribution in [0.2, 0.25) is 36.3 Å². The van der Waals surface area contributed by atoms with Crippen molar-refractivity contribution in [2.24, 2.45) is 0 Å². The Hall–Kier alpha value is -1.51. The largest absolute Gasteiger partial charge is 0.413 e. The monoisotopic (exact) mass is 554 g/mol. The fourth-order valence-corrected chi connectivity index (χ4v) is 5.75. The first-order valence-corrected chi connectivity index (χ1v) is 20.1. The van der Waals surface area contributed by atoms with Crippen LogP contribution in [-0.4, -0.2) is 28.3 Å². The van der Waals surface area contributed by atoms with Crippen LogP contribution in [0.1, 0.15) is 82.7 Å². The maximum Gasteiger partial charge on any atom is 0.192 e. The topological polar surface area (TPSA) is 38.7 Å². The molecular weight excluding hydrogens is 501 g/mol. The van der Waals surface area contributed by atoms with Gasteiger partial charge in [-0.3, -0.25) is 0 Å². The minimum absolute atomic E-state index is 0.0820. The van der Waals surface area contributed by atoms with E-state index in [1.54, 1.807) is 0 Å². The molecule has 0 radical (unpaired) electrons. The zero-order valence-electron chi connectivity index (χ0n) is 26.1. The van der Waals surface area contributed by atoms with Gasteiger partial charge in [-0.15, -0.1) is 0 Å². The van der Waals surface area contributed by atoms with Crippen LogP contribution in [0.25, 0.3) is 5.57 Å². The fourth-order valence-electron chi connectivity index (χ4n) is 3.85. The van der Waals surface area contributed by atoms with Crippen molar-refractivity contribution in [1.82, 2.24) is 0 Å². The van der Waals surface area contributed by atoms with Gasteiger partial charge in [-0.25, -0.2) is 0 Å². The Morgan fingerprint density at radius 2 is 1.29 bits per heavy atom. The number of rotatable bonds is 12. The van der Waals surface area contributed by atoms with Gasteiger partial charge in [0.1, 0.15) is 0 Å². The molecule has 38 heavy (non-hydrogen) atoms. The zero-order chi connectivity index (χ0) is 28.8. The summed E-state index contributed by atoms with van der Waals surface area (Å²) in [5.74, 6) is 0. The highest BCUT2D eigenvalue weighted by Crippen LogP contribution is 2.39. The van der Waals surface area contributed by atoms with Crippen LogP contribution in [0.3, 0.4) is 0 Å². The van der Waals surface area contributed by atoms with Crippen LogP contribution in [0.4, 0.5) is 0 Å². The van der Waals surface area contributed by atoms with E-state index in [9.17, 15) is 5.11 Å². The van der Waals surface area contributed by atoms with Crippen molar-refractivity contribution in [2.75, 3.05) is 6.61 Å². The lowest BCUT2D eigenvalue weighted by Crippen LogP contribution is -2.41. The lowest BCUT2D eigenvalue weighted by Gasteiger charge is -2.37. The zero-order valence-corrected chi connectivity index (χ0v) is 28.1. The number of allylic oxidation sites excluding steroid dienone is 1. The molecule has 0 aliphatic carbocycles. The minimum atomic E-state index is -1.87. The minimum Gasteiger partial charge on any atom is -0.413 e. The van der Waals surface area contributed by atoms with E-state index in [4.69, 9.17) is 8.85 Å². The molecule has 3 nitrogen and oxygen atoms in total. The van der Waals surface area contributed by atoms with Gasteiger partial charge in [0.15, 0.2) is 16.6 Å². The molecule has 0 saturated carbocycles. The smallest absolute Gasteiger partial charge is 0.192 e. The van der Waals surface area contributed by atoms with Crippen molar-refractivity contribution < 1.29 is 14.0 Å². The van der Waals surface area contributed by atoms with Crippen molar-refractivity contribution in [3.63, 3.8) is 0 Å². The summed E-state index contributed by atoms with van der Waals surface area (Å²) < 4.78 is 13.3. The molecular formula is C33H54O3Si2. The van der Waals surface area contributed by atoms with Crippen LogP contribution in [-0.2, 0) is 34.9 Å². The number of aliphatic hydroxyl groups is 1. The second-order valence-corrected chi connectivity index (χ2v) is 23.3. The molecule has 2 rings (SSSR count). The third-order valence-corrected chi connectivity index (χ3v) is 17.7. The molecule has 1 N–H and O–H groups in total. The van der Waals surface area contributed by atoms with E-state index in [0.29, 0.717) is 13.2 Å². The molecule has 0 heterocycles. The molecule has 0 saturated heterocycles. The summed E-state index contributed by atoms with van der Waals surface area (Å²) in [7, 11) is -3.72. The van der Waals surface area contributed by atoms with Gasteiger partial charge in [-0.2, -0.15) is 0 Å². The van der Waals surface area contributed by atoms with Gasteiger partial charge in [0, 0.05) is 0 Å². The van der Waals surface area contributed by atoms with Gasteiger partial charge in [0.2, 0.25) is 0 Å². The molecule has 0 unspecified atom stereocenters. The van der Waals surface area contributed by atoms with Gasteiger partial charge < -0.3 is 14.0 Å². The standard InChI is InChI=1S/C33H54O3Si2/c1-12-28(20-21-34)29-15-13-14-26(22-29)16-17-27-18-19-30(24-35-37(8,9)32(2,3)4)31(23-27)25-36-38(10,11)33(5,6)7/h13-15,18-20,22-23,34H,12,16-17,21,24-25H2,1-11H3/b28-20+. The Labute approximate surface area is 235 Å². The van der Waals surface area contributed by atoms with Gasteiger partial charge in [-0.1, -0.05) is 97.0 Å². The third-order valence-electron chi connectivity index (χ3n) is 8.78. The van der Waals surface area contributed by atoms with Crippen LogP contribution in [0.15, 0.2) is 48.5 Å². The van der Waals surface area contributed by atoms with Gasteiger partial charge >= 0.3 is 0 Å². The number of benzene rings is 2. The molecule has 0 spiro atoms. The Morgan fingerprint density at radius 1 is 0.763 bits per heavy atom. The van der Waals surface area contributed by atoms with Crippen molar-refractivity contribution in [3.05, 3.63) is 76.4 Å². The molecule has 0 fully saturated rings. The summed E-state index contributed by atoms with van der Waals surface area (Å²) in [6.07, 6.45) is 4.79. The molecule has 2 aromatic rings. The van der Waals surface area contributed by atoms with Crippen molar-refractivity contribution in [1.29, 1.82) is 0 Å². The lowest BCUT2D eigenvalue weighted by molar-refractivity contribution is 0.257. The predicted octanol–water partition coefficient (Wildman–Crippen LogP) is 9.30. The molecule has 0 bridgehead atoms. The molecule has 212 valence electrons. The van der Waals surface area contributed by atoms with Crippen LogP contribution >= 0.6 is 0 Å². The van der Waals surface area contributed by atoms with Crippen molar-refractivity contribution in [2.45, 2.75) is 117 Å². The first-order valence-electron chi connectivity index (χ1n) is 14.3. The van der Waals surface area contributed by atoms with E-state index in [0.717, 1.165) is 19.3 Å². The molecule has 0 atom stereocenters. The first kappa shape index (κ1) is 32.7. The van der Waals surface area contributed by atoms with E-state index in [2.05, 4.69) is 117 Å². The summed E-state index contributed by atoms with van der Waals surface area (Å²) in [6, 6.07) is 15.6. The van der Waals surface area contributed by atoms with Gasteiger partial charge in [0.05, 0.1) is 19.8 Å². The van der Waals surface area contributed by atoms with E-state index >= 15 is 0 Å². The number of hydrogen-bond donors (Lipinski definition) is 1. The number of aryl methyl sites for hydroxylation is 2. The number of hydrogen-bond acceptors (Lipinski definition) is 3. The predicted molar refractivity (Wildman–Crippen MR) is 170 cm³/mol. The van der Waals surface area contributed by atoms with Crippen LogP contribution < -0.4 is 0 Å². The normalized spacial score (nSPS) is 13.7. The lowest BCUT2D eigenvalue weighted by atomic mass is 9.96. The van der Waals surface area contributed by atoms with Gasteiger partial charge in [-0.05, 0) is 88.9 Å². The summed E-state index contributed by atoms with van der Waals surface area (Å²) in [6.45, 7) is 26.6. The highest BCUT2D eigenvalue weighted by atomic mass is 28.4. The Balaban J connectivity index is 2.27. The van der Waals surface area contributed by atoms with E-state index in [1.807, 2.05) is 6.08 Å². The second-order valence-electron chi connectivity index (χ2n) is 13.7. The quantitative estimate of drug-likeness (QED) is 0.266. The summed E-state index contributed by atoms with van der Waals surface area (Å²) >= 11 is 0. The van der Waals surface area contributed by atoms with Crippen LogP contribution in [0.5, 0.6) is 0 Å². The Kier molecular flexibility index (Phi) is 11.4. The SMILES string of the molecule is CC/C(=C\CO)c1cccc(CCc2ccc(CO[Si](C)(C)C(C)(C)C)c(CO[Si](C)(C)C(C)(C)C)c2)c1. The van der Waals surface area contributed by atoms with Crippen LogP contribution in [0, 0.1) is 0 Å². The molecule has 0 aliphatic rings. The Morgan fingerprint density at radius 3 is 1.79 bits per heavy atom. The average molecular weight is 555 g/mol. The first-order chi connectivity index (χ1) is 17.5. The molecule has 0 aliphatic heterocycles. The molecule has 5 heteroatoms. The summed E-state index contributed by atoms with van der Waals surface area (Å²) in [5, 5.41) is 9.73. The fraction of sp³-hybridized carbons (Fsp3) is 0.576. The van der Waals surface area contributed by atoms with E-state index in [1.165, 1.54) is 33.4 Å². The highest BCUT2D eigenvalue weighted by Gasteiger charge is 2.38. The molecule has 0 aromatic heterocycles. The maximum absolute atomic E-state index is 9.37. The molecule has 2 aromatic carbocycles. The number of aliphatic hydroxyl groups excluding tert-OH is 1. The third kappa shape index (κ3) is 9.02. The Bertz CT molecular complexity index is 1070. The summed E-state index contributed by atoms with van der Waals surface area (Å²) in [5.41, 5.74) is 7.58. The average Bonchev–Trinajstić information content (AvgIpc) is 2.82. The molecule has 0 amide bonds. The van der Waals surface area contributed by atoms with Gasteiger partial charge in [0.25, 0.3) is 0 Å². The second kappa shape index (κ2) is 13.2. The summed E-state index contributed by atoms with van der Waals surface area (Å²) in [4.78, 5) is 0. The maximum atomic E-state index is 9.37. The highest BCUT2D eigenvalue weighted by molar-refractivity contribution is 6.74. The van der Waals surface area contributed by atoms with E-state index < -0.39 is 16.6 Å². The van der Waals surface area contributed by atoms with Crippen molar-refractivity contribution >= 4 is 22.2 Å². The van der Waals surface area contributed by atoms with Crippen molar-refractivity contribution in [3.8, 4) is 0 Å².